The Kier molecular flexibility index (Phi) is 3.89. The lowest BCUT2D eigenvalue weighted by molar-refractivity contribution is 0.378. The number of benzene rings is 1. The van der Waals surface area contributed by atoms with Gasteiger partial charge in [0.1, 0.15) is 11.6 Å². The van der Waals surface area contributed by atoms with Crippen molar-refractivity contribution in [3.8, 4) is 0 Å². The lowest BCUT2D eigenvalue weighted by atomic mass is 10.1. The van der Waals surface area contributed by atoms with Crippen LogP contribution in [0.25, 0.3) is 0 Å². The molecule has 106 valence electrons. The highest BCUT2D eigenvalue weighted by molar-refractivity contribution is 9.10. The summed E-state index contributed by atoms with van der Waals surface area (Å²) in [4.78, 5) is 4.51. The van der Waals surface area contributed by atoms with Gasteiger partial charge in [-0.25, -0.2) is 9.37 Å². The number of hydrogen-bond donors (Lipinski definition) is 1. The highest BCUT2D eigenvalue weighted by atomic mass is 79.9. The van der Waals surface area contributed by atoms with Gasteiger partial charge in [-0.3, -0.25) is 0 Å². The second kappa shape index (κ2) is 5.66. The van der Waals surface area contributed by atoms with E-state index in [1.807, 2.05) is 6.92 Å². The first kappa shape index (κ1) is 13.8. The van der Waals surface area contributed by atoms with Crippen molar-refractivity contribution in [2.24, 2.45) is 0 Å². The molecule has 1 N–H and O–H groups in total. The number of rotatable bonds is 3. The van der Waals surface area contributed by atoms with E-state index in [-0.39, 0.29) is 5.82 Å². The van der Waals surface area contributed by atoms with Crippen LogP contribution in [-0.2, 0) is 19.5 Å². The van der Waals surface area contributed by atoms with Crippen LogP contribution in [0.4, 0.5) is 4.39 Å². The van der Waals surface area contributed by atoms with Crippen molar-refractivity contribution in [1.82, 2.24) is 14.9 Å². The second-order valence-corrected chi connectivity index (χ2v) is 6.16. The first-order valence-electron chi connectivity index (χ1n) is 6.82. The molecule has 0 fully saturated rings. The average molecular weight is 338 g/mol. The van der Waals surface area contributed by atoms with Gasteiger partial charge in [-0.15, -0.1) is 0 Å². The van der Waals surface area contributed by atoms with E-state index < -0.39 is 0 Å². The minimum atomic E-state index is -0.193. The quantitative estimate of drug-likeness (QED) is 0.932. The van der Waals surface area contributed by atoms with Crippen molar-refractivity contribution in [1.29, 1.82) is 0 Å². The van der Waals surface area contributed by atoms with E-state index in [9.17, 15) is 4.39 Å². The monoisotopic (exact) mass is 337 g/mol. The van der Waals surface area contributed by atoms with Crippen molar-refractivity contribution < 1.29 is 4.39 Å². The Bertz CT molecular complexity index is 624. The summed E-state index contributed by atoms with van der Waals surface area (Å²) < 4.78 is 16.4. The average Bonchev–Trinajstić information content (AvgIpc) is 2.79. The molecule has 1 atom stereocenters. The molecule has 0 spiro atoms. The molecule has 5 heteroatoms. The van der Waals surface area contributed by atoms with Gasteiger partial charge in [0.25, 0.3) is 0 Å². The molecule has 1 aromatic heterocycles. The van der Waals surface area contributed by atoms with Gasteiger partial charge >= 0.3 is 0 Å². The van der Waals surface area contributed by atoms with E-state index in [0.29, 0.717) is 12.6 Å². The predicted molar refractivity (Wildman–Crippen MR) is 80.0 cm³/mol. The molecule has 3 rings (SSSR count). The van der Waals surface area contributed by atoms with Crippen LogP contribution in [0.1, 0.15) is 23.5 Å². The van der Waals surface area contributed by atoms with Crippen LogP contribution in [0.15, 0.2) is 28.9 Å². The minimum absolute atomic E-state index is 0.193. The van der Waals surface area contributed by atoms with Crippen LogP contribution in [0.5, 0.6) is 0 Å². The van der Waals surface area contributed by atoms with E-state index in [1.165, 1.54) is 11.9 Å². The summed E-state index contributed by atoms with van der Waals surface area (Å²) in [6.45, 7) is 3.63. The Morgan fingerprint density at radius 3 is 3.20 bits per heavy atom. The SMILES string of the molecule is Cc1cn2c(n1)CC[C@H](NCc1cc(F)ccc1Br)C2. The van der Waals surface area contributed by atoms with Gasteiger partial charge in [0.05, 0.1) is 5.69 Å². The van der Waals surface area contributed by atoms with Gasteiger partial charge < -0.3 is 9.88 Å². The lowest BCUT2D eigenvalue weighted by Crippen LogP contribution is -2.36. The number of imidazole rings is 1. The smallest absolute Gasteiger partial charge is 0.123 e. The topological polar surface area (TPSA) is 29.9 Å². The molecule has 3 nitrogen and oxygen atoms in total. The van der Waals surface area contributed by atoms with Crippen LogP contribution in [0.2, 0.25) is 0 Å². The van der Waals surface area contributed by atoms with Crippen molar-refractivity contribution in [2.75, 3.05) is 0 Å². The van der Waals surface area contributed by atoms with Crippen LogP contribution in [0.3, 0.4) is 0 Å². The molecule has 0 unspecified atom stereocenters. The Morgan fingerprint density at radius 1 is 1.50 bits per heavy atom. The number of nitrogens with one attached hydrogen (secondary N) is 1. The molecule has 2 heterocycles. The summed E-state index contributed by atoms with van der Waals surface area (Å²) in [5.74, 6) is 0.980. The standard InChI is InChI=1S/C15H17BrFN3/c1-10-8-20-9-13(3-5-15(20)19-10)18-7-11-6-12(17)2-4-14(11)16/h2,4,6,8,13,18H,3,5,7,9H2,1H3/t13-/m0/s1. The molecule has 1 aromatic carbocycles. The zero-order valence-electron chi connectivity index (χ0n) is 11.4. The number of aromatic nitrogens is 2. The van der Waals surface area contributed by atoms with Crippen LogP contribution < -0.4 is 5.32 Å². The van der Waals surface area contributed by atoms with Gasteiger partial charge in [-0.05, 0) is 37.1 Å². The van der Waals surface area contributed by atoms with Gasteiger partial charge in [-0.1, -0.05) is 15.9 Å². The largest absolute Gasteiger partial charge is 0.333 e. The first-order valence-corrected chi connectivity index (χ1v) is 7.61. The van der Waals surface area contributed by atoms with Crippen molar-refractivity contribution in [2.45, 2.75) is 38.9 Å². The highest BCUT2D eigenvalue weighted by Crippen LogP contribution is 2.19. The maximum absolute atomic E-state index is 13.3. The lowest BCUT2D eigenvalue weighted by Gasteiger charge is -2.25. The minimum Gasteiger partial charge on any atom is -0.333 e. The molecular weight excluding hydrogens is 321 g/mol. The Morgan fingerprint density at radius 2 is 2.35 bits per heavy atom. The molecule has 0 aliphatic carbocycles. The molecule has 2 aromatic rings. The summed E-state index contributed by atoms with van der Waals surface area (Å²) in [5, 5.41) is 3.51. The molecule has 1 aliphatic rings. The Balaban J connectivity index is 1.64. The van der Waals surface area contributed by atoms with E-state index in [1.54, 1.807) is 12.1 Å². The maximum atomic E-state index is 13.3. The number of hydrogen-bond acceptors (Lipinski definition) is 2. The normalized spacial score (nSPS) is 18.1. The third kappa shape index (κ3) is 2.94. The molecule has 0 bridgehead atoms. The Hall–Kier alpha value is -1.20. The van der Waals surface area contributed by atoms with E-state index in [4.69, 9.17) is 0 Å². The van der Waals surface area contributed by atoms with Crippen molar-refractivity contribution >= 4 is 15.9 Å². The zero-order chi connectivity index (χ0) is 14.1. The third-order valence-corrected chi connectivity index (χ3v) is 4.48. The van der Waals surface area contributed by atoms with Gasteiger partial charge in [0.15, 0.2) is 0 Å². The van der Waals surface area contributed by atoms with Gasteiger partial charge in [-0.2, -0.15) is 0 Å². The van der Waals surface area contributed by atoms with Crippen LogP contribution in [-0.4, -0.2) is 15.6 Å². The summed E-state index contributed by atoms with van der Waals surface area (Å²) in [7, 11) is 0. The summed E-state index contributed by atoms with van der Waals surface area (Å²) in [6, 6.07) is 5.21. The van der Waals surface area contributed by atoms with Crippen molar-refractivity contribution in [3.63, 3.8) is 0 Å². The first-order chi connectivity index (χ1) is 9.61. The second-order valence-electron chi connectivity index (χ2n) is 5.30. The molecule has 0 radical (unpaired) electrons. The number of halogens is 2. The highest BCUT2D eigenvalue weighted by Gasteiger charge is 2.19. The maximum Gasteiger partial charge on any atom is 0.123 e. The summed E-state index contributed by atoms with van der Waals surface area (Å²) in [5.41, 5.74) is 2.03. The van der Waals surface area contributed by atoms with E-state index in [0.717, 1.165) is 35.1 Å². The number of nitrogens with zero attached hydrogens (tertiary/aromatic N) is 2. The number of aryl methyl sites for hydroxylation is 2. The molecule has 0 amide bonds. The van der Waals surface area contributed by atoms with Gasteiger partial charge in [0, 0.05) is 36.2 Å². The molecule has 0 saturated heterocycles. The van der Waals surface area contributed by atoms with E-state index >= 15 is 0 Å². The molecule has 20 heavy (non-hydrogen) atoms. The van der Waals surface area contributed by atoms with Crippen LogP contribution in [0, 0.1) is 12.7 Å². The van der Waals surface area contributed by atoms with Crippen molar-refractivity contribution in [3.05, 3.63) is 51.8 Å². The fourth-order valence-corrected chi connectivity index (χ4v) is 3.07. The number of fused-ring (bicyclic) bond motifs is 1. The van der Waals surface area contributed by atoms with Gasteiger partial charge in [0.2, 0.25) is 0 Å². The fraction of sp³-hybridized carbons (Fsp3) is 0.400. The zero-order valence-corrected chi connectivity index (χ0v) is 13.0. The fourth-order valence-electron chi connectivity index (χ4n) is 2.69. The van der Waals surface area contributed by atoms with Crippen LogP contribution >= 0.6 is 15.9 Å². The third-order valence-electron chi connectivity index (χ3n) is 3.70. The molecular formula is C15H17BrFN3. The molecule has 1 aliphatic heterocycles. The summed E-state index contributed by atoms with van der Waals surface area (Å²) >= 11 is 3.46. The molecule has 0 saturated carbocycles. The van der Waals surface area contributed by atoms with E-state index in [2.05, 4.69) is 37.0 Å². The predicted octanol–water partition coefficient (Wildman–Crippen LogP) is 3.20. The summed E-state index contributed by atoms with van der Waals surface area (Å²) in [6.07, 6.45) is 4.17. The Labute approximate surface area is 126 Å².